The van der Waals surface area contributed by atoms with Crippen molar-refractivity contribution >= 4 is 29.2 Å². The van der Waals surface area contributed by atoms with Crippen LogP contribution in [0.5, 0.6) is 0 Å². The highest BCUT2D eigenvalue weighted by Crippen LogP contribution is 2.36. The molecule has 0 aliphatic rings. The van der Waals surface area contributed by atoms with Crippen molar-refractivity contribution in [2.24, 2.45) is 4.99 Å². The van der Waals surface area contributed by atoms with E-state index in [1.165, 1.54) is 12.1 Å². The number of aliphatic imine (C=N–C) groups is 1. The molecule has 1 heterocycles. The predicted molar refractivity (Wildman–Crippen MR) is 142 cm³/mol. The second kappa shape index (κ2) is 9.79. The zero-order valence-corrected chi connectivity index (χ0v) is 19.3. The van der Waals surface area contributed by atoms with E-state index in [2.05, 4.69) is 15.6 Å². The van der Waals surface area contributed by atoms with Crippen LogP contribution in [0.25, 0.3) is 28.2 Å². The van der Waals surface area contributed by atoms with E-state index >= 15 is 0 Å². The fourth-order valence-electron chi connectivity index (χ4n) is 4.03. The first-order valence-corrected chi connectivity index (χ1v) is 11.4. The molecule has 0 unspecified atom stereocenters. The molecule has 0 saturated heterocycles. The zero-order chi connectivity index (χ0) is 24.2. The quantitative estimate of drug-likeness (QED) is 0.141. The molecule has 0 saturated carbocycles. The topological polar surface area (TPSA) is 60.4 Å². The Bertz CT molecular complexity index is 1510. The van der Waals surface area contributed by atoms with Crippen molar-refractivity contribution < 1.29 is 4.92 Å². The van der Waals surface area contributed by atoms with Gasteiger partial charge in [-0.2, -0.15) is 0 Å². The van der Waals surface area contributed by atoms with Crippen LogP contribution in [0.1, 0.15) is 5.56 Å². The van der Waals surface area contributed by atoms with Crippen molar-refractivity contribution in [3.05, 3.63) is 136 Å². The maximum Gasteiger partial charge on any atom is 0.269 e. The van der Waals surface area contributed by atoms with Gasteiger partial charge in [-0.1, -0.05) is 84.4 Å². The van der Waals surface area contributed by atoms with E-state index < -0.39 is 4.92 Å². The van der Waals surface area contributed by atoms with Gasteiger partial charge in [0.1, 0.15) is 0 Å². The summed E-state index contributed by atoms with van der Waals surface area (Å²) in [5.74, 6) is 0. The van der Waals surface area contributed by atoms with Gasteiger partial charge in [0.15, 0.2) is 0 Å². The molecule has 5 nitrogen and oxygen atoms in total. The Hall–Kier alpha value is -4.48. The van der Waals surface area contributed by atoms with Gasteiger partial charge in [0.05, 0.1) is 27.0 Å². The number of nitrogens with zero attached hydrogens (tertiary/aromatic N) is 3. The second-order valence-electron chi connectivity index (χ2n) is 7.88. The lowest BCUT2D eigenvalue weighted by molar-refractivity contribution is -0.384. The van der Waals surface area contributed by atoms with Crippen molar-refractivity contribution in [1.82, 2.24) is 4.57 Å². The van der Waals surface area contributed by atoms with E-state index in [-0.39, 0.29) is 5.69 Å². The number of non-ortho nitro benzene ring substituents is 1. The lowest BCUT2D eigenvalue weighted by Crippen LogP contribution is -2.01. The standard InChI is InChI=1S/C29H20ClN3O2/c30-26-13-7-8-14-27(26)31-20-23-19-28(21-9-3-1-4-10-21)32(29(23)22-11-5-2-6-12-22)24-15-17-25(18-16-24)33(34)35/h1-20H. The SMILES string of the molecule is O=[N+]([O-])c1ccc(-n2c(-c3ccccc3)cc(C=Nc3ccccc3Cl)c2-c2ccccc2)cc1. The summed E-state index contributed by atoms with van der Waals surface area (Å²) in [5.41, 5.74) is 6.31. The second-order valence-corrected chi connectivity index (χ2v) is 8.29. The van der Waals surface area contributed by atoms with Crippen LogP contribution in [-0.2, 0) is 0 Å². The summed E-state index contributed by atoms with van der Waals surface area (Å²) in [6.07, 6.45) is 1.82. The molecule has 5 rings (SSSR count). The smallest absolute Gasteiger partial charge is 0.269 e. The third kappa shape index (κ3) is 4.63. The molecule has 0 N–H and O–H groups in total. The molecule has 0 bridgehead atoms. The minimum absolute atomic E-state index is 0.0453. The first kappa shape index (κ1) is 22.3. The highest BCUT2D eigenvalue weighted by molar-refractivity contribution is 6.33. The fourth-order valence-corrected chi connectivity index (χ4v) is 4.21. The average Bonchev–Trinajstić information content (AvgIpc) is 3.29. The van der Waals surface area contributed by atoms with Gasteiger partial charge in [-0.05, 0) is 41.5 Å². The van der Waals surface area contributed by atoms with Gasteiger partial charge in [0.2, 0.25) is 0 Å². The van der Waals surface area contributed by atoms with Crippen LogP contribution < -0.4 is 0 Å². The molecule has 0 fully saturated rings. The Balaban J connectivity index is 1.77. The molecule has 0 amide bonds. The van der Waals surface area contributed by atoms with Crippen LogP contribution in [0, 0.1) is 10.1 Å². The Morgan fingerprint density at radius 1 is 0.771 bits per heavy atom. The Labute approximate surface area is 207 Å². The van der Waals surface area contributed by atoms with E-state index in [9.17, 15) is 10.1 Å². The third-order valence-corrected chi connectivity index (χ3v) is 5.98. The van der Waals surface area contributed by atoms with Gasteiger partial charge in [-0.3, -0.25) is 15.1 Å². The van der Waals surface area contributed by atoms with E-state index in [0.29, 0.717) is 10.7 Å². The zero-order valence-electron chi connectivity index (χ0n) is 18.6. The summed E-state index contributed by atoms with van der Waals surface area (Å²) in [6.45, 7) is 0. The van der Waals surface area contributed by atoms with Crippen LogP contribution in [0.4, 0.5) is 11.4 Å². The molecule has 4 aromatic carbocycles. The Kier molecular flexibility index (Phi) is 6.24. The van der Waals surface area contributed by atoms with Gasteiger partial charge < -0.3 is 4.57 Å². The van der Waals surface area contributed by atoms with Crippen LogP contribution >= 0.6 is 11.6 Å². The van der Waals surface area contributed by atoms with Crippen molar-refractivity contribution in [2.45, 2.75) is 0 Å². The number of nitro benzene ring substituents is 1. The third-order valence-electron chi connectivity index (χ3n) is 5.66. The lowest BCUT2D eigenvalue weighted by Gasteiger charge is -2.15. The number of rotatable bonds is 6. The predicted octanol–water partition coefficient (Wildman–Crippen LogP) is 8.12. The summed E-state index contributed by atoms with van der Waals surface area (Å²) in [5, 5.41) is 11.8. The summed E-state index contributed by atoms with van der Waals surface area (Å²) < 4.78 is 2.11. The Morgan fingerprint density at radius 3 is 2.00 bits per heavy atom. The molecule has 1 aromatic heterocycles. The molecular weight excluding hydrogens is 458 g/mol. The first-order valence-electron chi connectivity index (χ1n) is 11.0. The molecule has 0 atom stereocenters. The number of hydrogen-bond donors (Lipinski definition) is 0. The van der Waals surface area contributed by atoms with Gasteiger partial charge in [0, 0.05) is 29.6 Å². The van der Waals surface area contributed by atoms with Crippen LogP contribution in [0.3, 0.4) is 0 Å². The molecule has 0 aliphatic heterocycles. The van der Waals surface area contributed by atoms with Crippen molar-refractivity contribution in [3.8, 4) is 28.2 Å². The molecule has 5 aromatic rings. The van der Waals surface area contributed by atoms with Gasteiger partial charge in [-0.15, -0.1) is 0 Å². The van der Waals surface area contributed by atoms with E-state index in [1.807, 2.05) is 91.1 Å². The first-order chi connectivity index (χ1) is 17.1. The highest BCUT2D eigenvalue weighted by Gasteiger charge is 2.19. The number of aromatic nitrogens is 1. The summed E-state index contributed by atoms with van der Waals surface area (Å²) in [4.78, 5) is 15.5. The molecular formula is C29H20ClN3O2. The average molecular weight is 478 g/mol. The molecule has 0 spiro atoms. The lowest BCUT2D eigenvalue weighted by atomic mass is 10.1. The van der Waals surface area contributed by atoms with Crippen LogP contribution in [0.2, 0.25) is 5.02 Å². The minimum atomic E-state index is -0.392. The van der Waals surface area contributed by atoms with E-state index in [4.69, 9.17) is 11.6 Å². The van der Waals surface area contributed by atoms with Crippen LogP contribution in [-0.4, -0.2) is 15.7 Å². The number of halogens is 1. The van der Waals surface area contributed by atoms with Gasteiger partial charge in [0.25, 0.3) is 5.69 Å². The molecule has 35 heavy (non-hydrogen) atoms. The molecule has 6 heteroatoms. The summed E-state index contributed by atoms with van der Waals surface area (Å²) in [6, 6.07) is 36.2. The maximum atomic E-state index is 11.2. The van der Waals surface area contributed by atoms with Crippen molar-refractivity contribution in [3.63, 3.8) is 0 Å². The molecule has 0 aliphatic carbocycles. The Morgan fingerprint density at radius 2 is 1.37 bits per heavy atom. The van der Waals surface area contributed by atoms with Crippen molar-refractivity contribution in [1.29, 1.82) is 0 Å². The fraction of sp³-hybridized carbons (Fsp3) is 0. The minimum Gasteiger partial charge on any atom is -0.309 e. The van der Waals surface area contributed by atoms with E-state index in [1.54, 1.807) is 12.1 Å². The summed E-state index contributed by atoms with van der Waals surface area (Å²) >= 11 is 6.34. The molecule has 0 radical (unpaired) electrons. The van der Waals surface area contributed by atoms with E-state index in [0.717, 1.165) is 33.8 Å². The largest absolute Gasteiger partial charge is 0.309 e. The number of benzene rings is 4. The monoisotopic (exact) mass is 477 g/mol. The van der Waals surface area contributed by atoms with Crippen molar-refractivity contribution in [2.75, 3.05) is 0 Å². The number of nitro groups is 1. The number of hydrogen-bond acceptors (Lipinski definition) is 3. The van der Waals surface area contributed by atoms with Gasteiger partial charge in [-0.25, -0.2) is 0 Å². The normalized spacial score (nSPS) is 11.1. The maximum absolute atomic E-state index is 11.2. The number of para-hydroxylation sites is 1. The van der Waals surface area contributed by atoms with Crippen LogP contribution in [0.15, 0.2) is 120 Å². The summed E-state index contributed by atoms with van der Waals surface area (Å²) in [7, 11) is 0. The van der Waals surface area contributed by atoms with Gasteiger partial charge >= 0.3 is 0 Å². The molecule has 170 valence electrons. The highest BCUT2D eigenvalue weighted by atomic mass is 35.5.